The van der Waals surface area contributed by atoms with E-state index >= 15 is 0 Å². The lowest BCUT2D eigenvalue weighted by molar-refractivity contribution is -0.161. The summed E-state index contributed by atoms with van der Waals surface area (Å²) >= 11 is 0. The van der Waals surface area contributed by atoms with Crippen LogP contribution in [0.4, 0.5) is 23.4 Å². The van der Waals surface area contributed by atoms with Crippen LogP contribution in [0.2, 0.25) is 0 Å². The predicted molar refractivity (Wildman–Crippen MR) is 98.4 cm³/mol. The van der Waals surface area contributed by atoms with Gasteiger partial charge in [0.2, 0.25) is 0 Å². The van der Waals surface area contributed by atoms with Gasteiger partial charge in [0.05, 0.1) is 35.5 Å². The van der Waals surface area contributed by atoms with Crippen LogP contribution in [-0.4, -0.2) is 50.8 Å². The number of imidazole rings is 1. The van der Waals surface area contributed by atoms with Gasteiger partial charge in [-0.25, -0.2) is 14.4 Å². The molecule has 1 saturated carbocycles. The Kier molecular flexibility index (Phi) is 4.02. The highest BCUT2D eigenvalue weighted by Gasteiger charge is 2.65. The first-order valence-electron chi connectivity index (χ1n) is 9.36. The van der Waals surface area contributed by atoms with Gasteiger partial charge in [0, 0.05) is 19.3 Å². The molecule has 2 unspecified atom stereocenters. The van der Waals surface area contributed by atoms with Crippen LogP contribution in [0.25, 0.3) is 17.0 Å². The lowest BCUT2D eigenvalue weighted by Gasteiger charge is -2.18. The van der Waals surface area contributed by atoms with E-state index in [2.05, 4.69) is 25.6 Å². The maximum Gasteiger partial charge on any atom is 0.399 e. The number of alkyl halides is 4. The van der Waals surface area contributed by atoms with Crippen molar-refractivity contribution in [3.8, 4) is 11.4 Å². The highest BCUT2D eigenvalue weighted by molar-refractivity contribution is 5.62. The predicted octanol–water partition coefficient (Wildman–Crippen LogP) is 3.11. The number of nitrogens with zero attached hydrogens (tertiary/aromatic N) is 4. The van der Waals surface area contributed by atoms with E-state index < -0.39 is 17.8 Å². The normalized spacial score (nSPS) is 23.4. The van der Waals surface area contributed by atoms with Gasteiger partial charge in [-0.3, -0.25) is 9.38 Å². The van der Waals surface area contributed by atoms with Gasteiger partial charge < -0.3 is 10.6 Å². The molecule has 4 heterocycles. The van der Waals surface area contributed by atoms with Crippen LogP contribution in [0.5, 0.6) is 0 Å². The minimum Gasteiger partial charge on any atom is -0.363 e. The van der Waals surface area contributed by atoms with E-state index in [1.165, 1.54) is 12.4 Å². The van der Waals surface area contributed by atoms with Crippen LogP contribution < -0.4 is 10.6 Å². The fraction of sp³-hybridized carbons (Fsp3) is 0.421. The van der Waals surface area contributed by atoms with Crippen molar-refractivity contribution < 1.29 is 17.6 Å². The lowest BCUT2D eigenvalue weighted by atomic mass is 10.0. The zero-order valence-electron chi connectivity index (χ0n) is 15.2. The van der Waals surface area contributed by atoms with E-state index in [4.69, 9.17) is 0 Å². The molecule has 1 aliphatic carbocycles. The Balaban J connectivity index is 1.51. The Bertz CT molecular complexity index is 1060. The van der Waals surface area contributed by atoms with Crippen LogP contribution >= 0.6 is 0 Å². The van der Waals surface area contributed by atoms with Crippen molar-refractivity contribution in [3.63, 3.8) is 0 Å². The van der Waals surface area contributed by atoms with E-state index in [1.54, 1.807) is 28.8 Å². The fourth-order valence-corrected chi connectivity index (χ4v) is 3.77. The largest absolute Gasteiger partial charge is 0.399 e. The standard InChI is InChI=1S/C19H18F4N6/c20-11-6-24-7-13(11)28-16-3-1-2-12(27-16)14-8-26-17-9-25-15(10-29(14)17)18(4-5-18)19(21,22)23/h1-3,8-11,13,24H,4-7H2,(H,27,28). The maximum atomic E-state index is 13.8. The molecule has 2 atom stereocenters. The number of rotatable bonds is 4. The number of anilines is 1. The van der Waals surface area contributed by atoms with Gasteiger partial charge in [-0.1, -0.05) is 6.07 Å². The van der Waals surface area contributed by atoms with Crippen LogP contribution in [0.1, 0.15) is 18.5 Å². The molecule has 2 fully saturated rings. The fourth-order valence-electron chi connectivity index (χ4n) is 3.77. The molecule has 0 aromatic carbocycles. The minimum absolute atomic E-state index is 0.0108. The Morgan fingerprint density at radius 2 is 1.97 bits per heavy atom. The molecule has 2 N–H and O–H groups in total. The molecule has 3 aromatic rings. The highest BCUT2D eigenvalue weighted by atomic mass is 19.4. The third-order valence-corrected chi connectivity index (χ3v) is 5.66. The number of hydrogen-bond donors (Lipinski definition) is 2. The molecule has 3 aromatic heterocycles. The molecular weight excluding hydrogens is 388 g/mol. The highest BCUT2D eigenvalue weighted by Crippen LogP contribution is 2.58. The van der Waals surface area contributed by atoms with Crippen molar-refractivity contribution in [2.75, 3.05) is 18.4 Å². The SMILES string of the molecule is FC1CNCC1Nc1cccc(-c2cnc3cnc(C4(C(F)(F)F)CC4)cn23)n1. The molecule has 0 bridgehead atoms. The molecule has 5 rings (SSSR count). The number of hydrogen-bond acceptors (Lipinski definition) is 5. The maximum absolute atomic E-state index is 13.8. The molecule has 0 amide bonds. The first kappa shape index (κ1) is 18.3. The number of fused-ring (bicyclic) bond motifs is 1. The second-order valence-corrected chi connectivity index (χ2v) is 7.56. The van der Waals surface area contributed by atoms with E-state index in [1.807, 2.05) is 0 Å². The first-order valence-corrected chi connectivity index (χ1v) is 9.36. The Labute approximate surface area is 163 Å². The quantitative estimate of drug-likeness (QED) is 0.652. The summed E-state index contributed by atoms with van der Waals surface area (Å²) in [5.41, 5.74) is -0.371. The number of pyridine rings is 1. The molecule has 29 heavy (non-hydrogen) atoms. The lowest BCUT2D eigenvalue weighted by Crippen LogP contribution is -2.30. The summed E-state index contributed by atoms with van der Waals surface area (Å²) in [6.45, 7) is 0.790. The van der Waals surface area contributed by atoms with Crippen LogP contribution in [-0.2, 0) is 5.41 Å². The van der Waals surface area contributed by atoms with Crippen molar-refractivity contribution in [2.45, 2.75) is 36.6 Å². The molecule has 1 saturated heterocycles. The van der Waals surface area contributed by atoms with Gasteiger partial charge in [0.25, 0.3) is 0 Å². The van der Waals surface area contributed by atoms with Crippen molar-refractivity contribution in [1.29, 1.82) is 0 Å². The second kappa shape index (κ2) is 6.38. The third kappa shape index (κ3) is 3.02. The zero-order chi connectivity index (χ0) is 20.2. The Morgan fingerprint density at radius 3 is 2.66 bits per heavy atom. The average molecular weight is 406 g/mol. The van der Waals surface area contributed by atoms with E-state index in [9.17, 15) is 17.6 Å². The number of halogens is 4. The van der Waals surface area contributed by atoms with Crippen molar-refractivity contribution >= 4 is 11.5 Å². The average Bonchev–Trinajstić information content (AvgIpc) is 3.28. The molecule has 152 valence electrons. The van der Waals surface area contributed by atoms with Crippen molar-refractivity contribution in [3.05, 3.63) is 42.5 Å². The van der Waals surface area contributed by atoms with Gasteiger partial charge in [-0.15, -0.1) is 0 Å². The van der Waals surface area contributed by atoms with Crippen molar-refractivity contribution in [2.24, 2.45) is 0 Å². The van der Waals surface area contributed by atoms with Crippen LogP contribution in [0.15, 0.2) is 36.8 Å². The minimum atomic E-state index is -4.34. The monoisotopic (exact) mass is 406 g/mol. The smallest absolute Gasteiger partial charge is 0.363 e. The molecule has 0 spiro atoms. The Morgan fingerprint density at radius 1 is 1.14 bits per heavy atom. The van der Waals surface area contributed by atoms with Crippen LogP contribution in [0, 0.1) is 0 Å². The second-order valence-electron chi connectivity index (χ2n) is 7.56. The molecule has 0 radical (unpaired) electrons. The summed E-state index contributed by atoms with van der Waals surface area (Å²) in [7, 11) is 0. The summed E-state index contributed by atoms with van der Waals surface area (Å²) in [5, 5.41) is 6.04. The van der Waals surface area contributed by atoms with Crippen molar-refractivity contribution in [1.82, 2.24) is 24.7 Å². The Hall–Kier alpha value is -2.75. The van der Waals surface area contributed by atoms with Gasteiger partial charge in [-0.2, -0.15) is 13.2 Å². The molecular formula is C19H18F4N6. The molecule has 10 heteroatoms. The van der Waals surface area contributed by atoms with Gasteiger partial charge in [0.1, 0.15) is 17.4 Å². The van der Waals surface area contributed by atoms with Gasteiger partial charge >= 0.3 is 6.18 Å². The number of nitrogens with one attached hydrogen (secondary N) is 2. The summed E-state index contributed by atoms with van der Waals surface area (Å²) < 4.78 is 55.9. The third-order valence-electron chi connectivity index (χ3n) is 5.66. The first-order chi connectivity index (χ1) is 13.9. The molecule has 1 aliphatic heterocycles. The summed E-state index contributed by atoms with van der Waals surface area (Å²) in [6.07, 6.45) is -0.970. The summed E-state index contributed by atoms with van der Waals surface area (Å²) in [5.74, 6) is 0.497. The summed E-state index contributed by atoms with van der Waals surface area (Å²) in [4.78, 5) is 12.8. The van der Waals surface area contributed by atoms with Crippen LogP contribution in [0.3, 0.4) is 0 Å². The van der Waals surface area contributed by atoms with E-state index in [0.29, 0.717) is 35.9 Å². The van der Waals surface area contributed by atoms with Gasteiger partial charge in [0.15, 0.2) is 5.65 Å². The van der Waals surface area contributed by atoms with E-state index in [0.717, 1.165) is 0 Å². The van der Waals surface area contributed by atoms with E-state index in [-0.39, 0.29) is 24.6 Å². The zero-order valence-corrected chi connectivity index (χ0v) is 15.2. The van der Waals surface area contributed by atoms with Gasteiger partial charge in [-0.05, 0) is 25.0 Å². The molecule has 6 nitrogen and oxygen atoms in total. The molecule has 2 aliphatic rings. The summed E-state index contributed by atoms with van der Waals surface area (Å²) in [6, 6.07) is 4.86. The topological polar surface area (TPSA) is 67.1 Å². The number of aromatic nitrogens is 4.